The number of ether oxygens (including phenoxy) is 2. The van der Waals surface area contributed by atoms with Gasteiger partial charge in [0.15, 0.2) is 0 Å². The lowest BCUT2D eigenvalue weighted by molar-refractivity contribution is -0.147. The average molecular weight is 257 g/mol. The van der Waals surface area contributed by atoms with E-state index >= 15 is 0 Å². The second-order valence-electron chi connectivity index (χ2n) is 6.47. The van der Waals surface area contributed by atoms with Crippen LogP contribution in [0.3, 0.4) is 0 Å². The van der Waals surface area contributed by atoms with Crippen LogP contribution in [0.15, 0.2) is 0 Å². The van der Waals surface area contributed by atoms with E-state index in [1.807, 2.05) is 20.8 Å². The van der Waals surface area contributed by atoms with Crippen LogP contribution in [0, 0.1) is 5.41 Å². The Morgan fingerprint density at radius 2 is 2.11 bits per heavy atom. The maximum Gasteiger partial charge on any atom is 0.407 e. The Morgan fingerprint density at radius 1 is 1.44 bits per heavy atom. The summed E-state index contributed by atoms with van der Waals surface area (Å²) in [7, 11) is 0. The van der Waals surface area contributed by atoms with Crippen molar-refractivity contribution in [3.63, 3.8) is 0 Å². The highest BCUT2D eigenvalue weighted by atomic mass is 16.6. The van der Waals surface area contributed by atoms with Crippen molar-refractivity contribution < 1.29 is 19.4 Å². The monoisotopic (exact) mass is 257 g/mol. The predicted octanol–water partition coefficient (Wildman–Crippen LogP) is 1.44. The molecule has 0 aromatic heterocycles. The Kier molecular flexibility index (Phi) is 3.56. The molecule has 1 saturated carbocycles. The van der Waals surface area contributed by atoms with Crippen LogP contribution in [0.4, 0.5) is 4.79 Å². The molecule has 1 unspecified atom stereocenters. The van der Waals surface area contributed by atoms with E-state index in [0.717, 1.165) is 12.8 Å². The normalized spacial score (nSPS) is 36.0. The summed E-state index contributed by atoms with van der Waals surface area (Å²) in [6, 6.07) is 0.0937. The lowest BCUT2D eigenvalue weighted by Gasteiger charge is -2.52. The molecule has 18 heavy (non-hydrogen) atoms. The lowest BCUT2D eigenvalue weighted by Crippen LogP contribution is -2.60. The quantitative estimate of drug-likeness (QED) is 0.746. The van der Waals surface area contributed by atoms with E-state index in [0.29, 0.717) is 19.6 Å². The van der Waals surface area contributed by atoms with Gasteiger partial charge >= 0.3 is 6.09 Å². The molecular formula is C13H23NO4. The minimum Gasteiger partial charge on any atom is -0.444 e. The highest BCUT2D eigenvalue weighted by Gasteiger charge is 2.51. The van der Waals surface area contributed by atoms with E-state index < -0.39 is 5.60 Å². The fraction of sp³-hybridized carbons (Fsp3) is 0.923. The van der Waals surface area contributed by atoms with Gasteiger partial charge in [-0.3, -0.25) is 0 Å². The van der Waals surface area contributed by atoms with Gasteiger partial charge in [0.1, 0.15) is 5.60 Å². The predicted molar refractivity (Wildman–Crippen MR) is 66.3 cm³/mol. The van der Waals surface area contributed by atoms with E-state index in [-0.39, 0.29) is 23.7 Å². The van der Waals surface area contributed by atoms with Crippen LogP contribution < -0.4 is 5.32 Å². The van der Waals surface area contributed by atoms with Crippen LogP contribution >= 0.6 is 0 Å². The van der Waals surface area contributed by atoms with Gasteiger partial charge in [-0.25, -0.2) is 4.79 Å². The topological polar surface area (TPSA) is 67.8 Å². The summed E-state index contributed by atoms with van der Waals surface area (Å²) < 4.78 is 10.6. The van der Waals surface area contributed by atoms with Crippen LogP contribution in [0.5, 0.6) is 0 Å². The van der Waals surface area contributed by atoms with Crippen molar-refractivity contribution in [2.75, 3.05) is 13.2 Å². The van der Waals surface area contributed by atoms with Gasteiger partial charge in [-0.05, 0) is 40.0 Å². The van der Waals surface area contributed by atoms with Crippen LogP contribution in [0.2, 0.25) is 0 Å². The zero-order valence-corrected chi connectivity index (χ0v) is 11.4. The maximum absolute atomic E-state index is 11.6. The summed E-state index contributed by atoms with van der Waals surface area (Å²) in [6.45, 7) is 6.75. The molecule has 104 valence electrons. The SMILES string of the molecule is CC(C)(C)OC(=O)NC1CC2(COCCC2O)C1. The molecule has 1 aliphatic heterocycles. The van der Waals surface area contributed by atoms with Gasteiger partial charge in [-0.1, -0.05) is 0 Å². The Balaban J connectivity index is 1.77. The zero-order chi connectivity index (χ0) is 13.4. The smallest absolute Gasteiger partial charge is 0.407 e. The maximum atomic E-state index is 11.6. The number of rotatable bonds is 1. The molecular weight excluding hydrogens is 234 g/mol. The molecule has 1 saturated heterocycles. The zero-order valence-electron chi connectivity index (χ0n) is 11.4. The lowest BCUT2D eigenvalue weighted by atomic mass is 9.61. The average Bonchev–Trinajstić information content (AvgIpc) is 2.16. The summed E-state index contributed by atoms with van der Waals surface area (Å²) in [6.07, 6.45) is 1.55. The number of hydrogen-bond acceptors (Lipinski definition) is 4. The summed E-state index contributed by atoms with van der Waals surface area (Å²) >= 11 is 0. The highest BCUT2D eigenvalue weighted by Crippen LogP contribution is 2.47. The minimum absolute atomic E-state index is 0.0937. The first-order valence-corrected chi connectivity index (χ1v) is 6.56. The van der Waals surface area contributed by atoms with Crippen molar-refractivity contribution in [2.45, 2.75) is 57.8 Å². The van der Waals surface area contributed by atoms with Gasteiger partial charge in [-0.15, -0.1) is 0 Å². The first-order valence-electron chi connectivity index (χ1n) is 6.56. The summed E-state index contributed by atoms with van der Waals surface area (Å²) in [4.78, 5) is 11.6. The molecule has 2 fully saturated rings. The molecule has 0 aromatic carbocycles. The van der Waals surface area contributed by atoms with Gasteiger partial charge in [-0.2, -0.15) is 0 Å². The molecule has 0 radical (unpaired) electrons. The number of nitrogens with one attached hydrogen (secondary N) is 1. The molecule has 0 bridgehead atoms. The van der Waals surface area contributed by atoms with E-state index in [1.165, 1.54) is 0 Å². The van der Waals surface area contributed by atoms with Crippen LogP contribution in [-0.2, 0) is 9.47 Å². The molecule has 2 rings (SSSR count). The number of aliphatic hydroxyl groups excluding tert-OH is 1. The number of aliphatic hydroxyl groups is 1. The third-order valence-corrected chi connectivity index (χ3v) is 3.66. The van der Waals surface area contributed by atoms with Crippen molar-refractivity contribution in [3.8, 4) is 0 Å². The van der Waals surface area contributed by atoms with Crippen molar-refractivity contribution in [1.82, 2.24) is 5.32 Å². The van der Waals surface area contributed by atoms with Crippen molar-refractivity contribution in [1.29, 1.82) is 0 Å². The standard InChI is InChI=1S/C13H23NO4/c1-12(2,3)18-11(16)14-9-6-13(7-9)8-17-5-4-10(13)15/h9-10,15H,4-8H2,1-3H3,(H,14,16). The third kappa shape index (κ3) is 2.95. The molecule has 1 aliphatic carbocycles. The first kappa shape index (κ1) is 13.6. The third-order valence-electron chi connectivity index (χ3n) is 3.66. The first-order chi connectivity index (χ1) is 8.31. The van der Waals surface area contributed by atoms with Gasteiger partial charge in [0.05, 0.1) is 12.7 Å². The van der Waals surface area contributed by atoms with E-state index in [1.54, 1.807) is 0 Å². The summed E-state index contributed by atoms with van der Waals surface area (Å²) in [5, 5.41) is 12.8. The van der Waals surface area contributed by atoms with Crippen molar-refractivity contribution in [2.24, 2.45) is 5.41 Å². The largest absolute Gasteiger partial charge is 0.444 e. The van der Waals surface area contributed by atoms with Gasteiger partial charge in [0.2, 0.25) is 0 Å². The summed E-state index contributed by atoms with van der Waals surface area (Å²) in [5.41, 5.74) is -0.614. The van der Waals surface area contributed by atoms with E-state index in [9.17, 15) is 9.90 Å². The number of amides is 1. The number of carbonyl (C=O) groups is 1. The van der Waals surface area contributed by atoms with Gasteiger partial charge in [0, 0.05) is 18.1 Å². The van der Waals surface area contributed by atoms with Crippen molar-refractivity contribution in [3.05, 3.63) is 0 Å². The highest BCUT2D eigenvalue weighted by molar-refractivity contribution is 5.68. The second kappa shape index (κ2) is 4.70. The van der Waals surface area contributed by atoms with Crippen molar-refractivity contribution >= 4 is 6.09 Å². The molecule has 0 aromatic rings. The second-order valence-corrected chi connectivity index (χ2v) is 6.47. The van der Waals surface area contributed by atoms with E-state index in [2.05, 4.69) is 5.32 Å². The fourth-order valence-corrected chi connectivity index (χ4v) is 2.76. The molecule has 5 nitrogen and oxygen atoms in total. The Morgan fingerprint density at radius 3 is 2.67 bits per heavy atom. The molecule has 2 N–H and O–H groups in total. The Hall–Kier alpha value is -0.810. The molecule has 5 heteroatoms. The van der Waals surface area contributed by atoms with Gasteiger partial charge < -0.3 is 19.9 Å². The number of hydrogen-bond donors (Lipinski definition) is 2. The number of alkyl carbamates (subject to hydrolysis) is 1. The van der Waals surface area contributed by atoms with Gasteiger partial charge in [0.25, 0.3) is 0 Å². The fourth-order valence-electron chi connectivity index (χ4n) is 2.76. The molecule has 1 amide bonds. The minimum atomic E-state index is -0.473. The molecule has 1 atom stereocenters. The Labute approximate surface area is 108 Å². The van der Waals surface area contributed by atoms with Crippen LogP contribution in [-0.4, -0.2) is 42.2 Å². The van der Waals surface area contributed by atoms with Crippen LogP contribution in [0.25, 0.3) is 0 Å². The molecule has 1 heterocycles. The van der Waals surface area contributed by atoms with E-state index in [4.69, 9.17) is 9.47 Å². The Bertz CT molecular complexity index is 317. The van der Waals surface area contributed by atoms with Crippen LogP contribution in [0.1, 0.15) is 40.0 Å². The molecule has 2 aliphatic rings. The number of carbonyl (C=O) groups excluding carboxylic acids is 1. The molecule has 1 spiro atoms. The summed E-state index contributed by atoms with van der Waals surface area (Å²) in [5.74, 6) is 0.